The van der Waals surface area contributed by atoms with Crippen LogP contribution < -0.4 is 10.0 Å². The lowest BCUT2D eigenvalue weighted by atomic mass is 10.1. The zero-order valence-electron chi connectivity index (χ0n) is 13.3. The molecule has 21 heavy (non-hydrogen) atoms. The van der Waals surface area contributed by atoms with Gasteiger partial charge in [-0.1, -0.05) is 39.0 Å². The van der Waals surface area contributed by atoms with Gasteiger partial charge >= 0.3 is 0 Å². The predicted octanol–water partition coefficient (Wildman–Crippen LogP) is 2.08. The fourth-order valence-corrected chi connectivity index (χ4v) is 3.48. The van der Waals surface area contributed by atoms with Crippen molar-refractivity contribution >= 4 is 10.0 Å². The largest absolute Gasteiger partial charge is 0.316 e. The van der Waals surface area contributed by atoms with Gasteiger partial charge in [-0.05, 0) is 20.4 Å². The Morgan fingerprint density at radius 2 is 1.81 bits per heavy atom. The van der Waals surface area contributed by atoms with E-state index in [0.29, 0.717) is 18.7 Å². The van der Waals surface area contributed by atoms with Crippen LogP contribution >= 0.6 is 0 Å². The molecule has 0 aliphatic rings. The summed E-state index contributed by atoms with van der Waals surface area (Å²) in [5, 5.41) is 9.75. The maximum absolute atomic E-state index is 12.3. The molecule has 1 aromatic rings. The Morgan fingerprint density at radius 3 is 2.48 bits per heavy atom. The summed E-state index contributed by atoms with van der Waals surface area (Å²) in [6.45, 7) is 4.96. The minimum absolute atomic E-state index is 0.111. The molecular formula is C14H28N4O2S. The lowest BCUT2D eigenvalue weighted by Crippen LogP contribution is -2.26. The smallest absolute Gasteiger partial charge is 0.260 e. The highest BCUT2D eigenvalue weighted by atomic mass is 32.2. The van der Waals surface area contributed by atoms with E-state index in [0.717, 1.165) is 18.5 Å². The molecule has 0 saturated heterocycles. The van der Waals surface area contributed by atoms with Gasteiger partial charge in [0.15, 0.2) is 5.03 Å². The van der Waals surface area contributed by atoms with Gasteiger partial charge in [0.05, 0.1) is 0 Å². The number of unbranched alkanes of at least 4 members (excludes halogenated alkanes) is 5. The van der Waals surface area contributed by atoms with E-state index in [2.05, 4.69) is 27.2 Å². The lowest BCUT2D eigenvalue weighted by Gasteiger charge is -2.07. The zero-order chi connectivity index (χ0) is 15.7. The number of hydrogen-bond donors (Lipinski definition) is 3. The number of nitrogens with zero attached hydrogens (tertiary/aromatic N) is 1. The van der Waals surface area contributed by atoms with Gasteiger partial charge < -0.3 is 5.32 Å². The molecule has 0 saturated carbocycles. The van der Waals surface area contributed by atoms with Crippen molar-refractivity contribution in [2.24, 2.45) is 0 Å². The molecule has 7 heteroatoms. The summed E-state index contributed by atoms with van der Waals surface area (Å²) in [6.07, 6.45) is 6.81. The van der Waals surface area contributed by atoms with E-state index in [-0.39, 0.29) is 5.03 Å². The lowest BCUT2D eigenvalue weighted by molar-refractivity contribution is 0.562. The highest BCUT2D eigenvalue weighted by Crippen LogP contribution is 2.15. The molecule has 1 aromatic heterocycles. The molecule has 3 N–H and O–H groups in total. The zero-order valence-corrected chi connectivity index (χ0v) is 14.1. The average molecular weight is 316 g/mol. The van der Waals surface area contributed by atoms with Crippen molar-refractivity contribution < 1.29 is 8.42 Å². The van der Waals surface area contributed by atoms with Crippen LogP contribution in [0.25, 0.3) is 0 Å². The van der Waals surface area contributed by atoms with E-state index >= 15 is 0 Å². The second kappa shape index (κ2) is 9.17. The fraction of sp³-hybridized carbons (Fsp3) is 0.786. The number of H-pyrrole nitrogens is 1. The van der Waals surface area contributed by atoms with E-state index < -0.39 is 10.0 Å². The Balaban J connectivity index is 2.47. The topological polar surface area (TPSA) is 86.9 Å². The predicted molar refractivity (Wildman–Crippen MR) is 84.7 cm³/mol. The van der Waals surface area contributed by atoms with Crippen LogP contribution in [0.5, 0.6) is 0 Å². The Morgan fingerprint density at radius 1 is 1.14 bits per heavy atom. The molecule has 0 fully saturated rings. The van der Waals surface area contributed by atoms with Crippen molar-refractivity contribution in [2.75, 3.05) is 13.6 Å². The maximum atomic E-state index is 12.3. The van der Waals surface area contributed by atoms with Crippen molar-refractivity contribution in [1.29, 1.82) is 0 Å². The van der Waals surface area contributed by atoms with Crippen LogP contribution in [-0.2, 0) is 16.6 Å². The van der Waals surface area contributed by atoms with Gasteiger partial charge in [0, 0.05) is 24.3 Å². The van der Waals surface area contributed by atoms with E-state index in [1.165, 1.54) is 25.7 Å². The number of aromatic nitrogens is 2. The van der Waals surface area contributed by atoms with E-state index in [1.807, 2.05) is 6.92 Å². The van der Waals surface area contributed by atoms with Gasteiger partial charge in [0.25, 0.3) is 10.0 Å². The monoisotopic (exact) mass is 316 g/mol. The van der Waals surface area contributed by atoms with E-state index in [4.69, 9.17) is 0 Å². The second-order valence-corrected chi connectivity index (χ2v) is 7.01. The molecule has 0 unspecified atom stereocenters. The summed E-state index contributed by atoms with van der Waals surface area (Å²) in [6, 6.07) is 0. The molecule has 0 spiro atoms. The van der Waals surface area contributed by atoms with Gasteiger partial charge in [-0.15, -0.1) is 0 Å². The quantitative estimate of drug-likeness (QED) is 0.545. The number of aryl methyl sites for hydroxylation is 1. The van der Waals surface area contributed by atoms with Crippen molar-refractivity contribution in [3.05, 3.63) is 11.3 Å². The van der Waals surface area contributed by atoms with Crippen LogP contribution in [0.2, 0.25) is 0 Å². The molecule has 0 aromatic carbocycles. The Bertz CT molecular complexity index is 511. The summed E-state index contributed by atoms with van der Waals surface area (Å²) in [5.41, 5.74) is 1.48. The summed E-state index contributed by atoms with van der Waals surface area (Å²) < 4.78 is 27.2. The molecule has 122 valence electrons. The number of hydrogen-bond acceptors (Lipinski definition) is 4. The minimum Gasteiger partial charge on any atom is -0.316 e. The number of nitrogens with one attached hydrogen (secondary N) is 3. The first-order valence-corrected chi connectivity index (χ1v) is 9.19. The molecule has 1 heterocycles. The van der Waals surface area contributed by atoms with Crippen molar-refractivity contribution in [1.82, 2.24) is 20.2 Å². The van der Waals surface area contributed by atoms with Crippen LogP contribution in [0.4, 0.5) is 0 Å². The molecule has 0 aliphatic carbocycles. The van der Waals surface area contributed by atoms with Crippen molar-refractivity contribution in [3.8, 4) is 0 Å². The van der Waals surface area contributed by atoms with Crippen molar-refractivity contribution in [3.63, 3.8) is 0 Å². The minimum atomic E-state index is -3.52. The van der Waals surface area contributed by atoms with Crippen LogP contribution in [0.15, 0.2) is 5.03 Å². The Kier molecular flexibility index (Phi) is 7.92. The molecule has 0 bridgehead atoms. The van der Waals surface area contributed by atoms with Crippen LogP contribution in [0, 0.1) is 6.92 Å². The number of rotatable bonds is 11. The van der Waals surface area contributed by atoms with Crippen LogP contribution in [0.1, 0.15) is 56.7 Å². The van der Waals surface area contributed by atoms with Crippen LogP contribution in [0.3, 0.4) is 0 Å². The summed E-state index contributed by atoms with van der Waals surface area (Å²) in [4.78, 5) is 0. The third kappa shape index (κ3) is 5.76. The first-order chi connectivity index (χ1) is 10.0. The first-order valence-electron chi connectivity index (χ1n) is 7.71. The summed E-state index contributed by atoms with van der Waals surface area (Å²) >= 11 is 0. The molecule has 6 nitrogen and oxygen atoms in total. The number of aromatic amines is 1. The van der Waals surface area contributed by atoms with Gasteiger partial charge in [0.1, 0.15) is 0 Å². The highest BCUT2D eigenvalue weighted by Gasteiger charge is 2.22. The molecule has 1 rings (SSSR count). The van der Waals surface area contributed by atoms with Gasteiger partial charge in [-0.2, -0.15) is 5.10 Å². The third-order valence-corrected chi connectivity index (χ3v) is 4.90. The van der Waals surface area contributed by atoms with Crippen LogP contribution in [-0.4, -0.2) is 32.2 Å². The summed E-state index contributed by atoms with van der Waals surface area (Å²) in [5.74, 6) is 0. The maximum Gasteiger partial charge on any atom is 0.260 e. The average Bonchev–Trinajstić information content (AvgIpc) is 2.80. The van der Waals surface area contributed by atoms with Gasteiger partial charge in [0.2, 0.25) is 0 Å². The fourth-order valence-electron chi connectivity index (χ4n) is 2.22. The molecule has 0 atom stereocenters. The van der Waals surface area contributed by atoms with Gasteiger partial charge in [-0.3, -0.25) is 5.10 Å². The Labute approximate surface area is 128 Å². The summed E-state index contributed by atoms with van der Waals surface area (Å²) in [7, 11) is -1.74. The standard InChI is InChI=1S/C14H28N4O2S/c1-4-5-6-7-8-9-10-16-21(19,20)14-13(11-15-3)12(2)17-18-14/h15-16H,4-11H2,1-3H3,(H,17,18). The molecular weight excluding hydrogens is 288 g/mol. The van der Waals surface area contributed by atoms with E-state index in [9.17, 15) is 8.42 Å². The highest BCUT2D eigenvalue weighted by molar-refractivity contribution is 7.89. The normalized spacial score (nSPS) is 12.0. The second-order valence-electron chi connectivity index (χ2n) is 5.33. The molecule has 0 radical (unpaired) electrons. The molecule has 0 amide bonds. The number of sulfonamides is 1. The van der Waals surface area contributed by atoms with Gasteiger partial charge in [-0.25, -0.2) is 13.1 Å². The molecule has 0 aliphatic heterocycles. The Hall–Kier alpha value is -0.920. The van der Waals surface area contributed by atoms with E-state index in [1.54, 1.807) is 7.05 Å². The third-order valence-electron chi connectivity index (χ3n) is 3.47. The first kappa shape index (κ1) is 18.1. The SMILES string of the molecule is CCCCCCCCNS(=O)(=O)c1n[nH]c(C)c1CNC. The van der Waals surface area contributed by atoms with Crippen molar-refractivity contribution in [2.45, 2.75) is 63.9 Å².